The van der Waals surface area contributed by atoms with Crippen LogP contribution in [0.3, 0.4) is 0 Å². The van der Waals surface area contributed by atoms with Gasteiger partial charge in [0.1, 0.15) is 0 Å². The van der Waals surface area contributed by atoms with Gasteiger partial charge in [-0.3, -0.25) is 0 Å². The van der Waals surface area contributed by atoms with Crippen LogP contribution in [0.5, 0.6) is 0 Å². The molecule has 1 aliphatic rings. The summed E-state index contributed by atoms with van der Waals surface area (Å²) in [4.78, 5) is 2.33. The molecule has 1 aliphatic heterocycles. The molecule has 2 atom stereocenters. The first kappa shape index (κ1) is 16.3. The molecule has 1 saturated heterocycles. The van der Waals surface area contributed by atoms with Gasteiger partial charge in [-0.2, -0.15) is 0 Å². The summed E-state index contributed by atoms with van der Waals surface area (Å²) in [6.07, 6.45) is -0.0798. The molecule has 0 aromatic heterocycles. The second-order valence-electron chi connectivity index (χ2n) is 6.29. The van der Waals surface area contributed by atoms with E-state index in [0.29, 0.717) is 18.7 Å². The third-order valence-corrected chi connectivity index (χ3v) is 4.07. The van der Waals surface area contributed by atoms with E-state index in [1.165, 1.54) is 16.8 Å². The van der Waals surface area contributed by atoms with Crippen molar-refractivity contribution in [3.8, 4) is 0 Å². The van der Waals surface area contributed by atoms with Crippen LogP contribution in [-0.4, -0.2) is 43.1 Å². The van der Waals surface area contributed by atoms with Crippen LogP contribution >= 0.6 is 0 Å². The largest absolute Gasteiger partial charge is 0.394 e. The highest BCUT2D eigenvalue weighted by Gasteiger charge is 2.25. The van der Waals surface area contributed by atoms with Crippen LogP contribution in [0.25, 0.3) is 0 Å². The van der Waals surface area contributed by atoms with Crippen molar-refractivity contribution < 1.29 is 9.84 Å². The van der Waals surface area contributed by atoms with E-state index < -0.39 is 0 Å². The topological polar surface area (TPSA) is 44.7 Å². The highest BCUT2D eigenvalue weighted by atomic mass is 16.5. The molecule has 1 aromatic carbocycles. The number of hydrogen-bond acceptors (Lipinski definition) is 4. The van der Waals surface area contributed by atoms with Gasteiger partial charge in [0.05, 0.1) is 19.3 Å². The first-order valence-electron chi connectivity index (χ1n) is 7.83. The quantitative estimate of drug-likeness (QED) is 0.872. The number of rotatable bonds is 5. The predicted octanol–water partition coefficient (Wildman–Crippen LogP) is 2.08. The summed E-state index contributed by atoms with van der Waals surface area (Å²) >= 11 is 0. The minimum absolute atomic E-state index is 0.0798. The van der Waals surface area contributed by atoms with E-state index in [4.69, 9.17) is 4.74 Å². The molecule has 0 bridgehead atoms. The van der Waals surface area contributed by atoms with Gasteiger partial charge in [0.2, 0.25) is 0 Å². The van der Waals surface area contributed by atoms with Crippen molar-refractivity contribution in [2.45, 2.75) is 52.4 Å². The maximum atomic E-state index is 9.30. The summed E-state index contributed by atoms with van der Waals surface area (Å²) in [7, 11) is 0. The average molecular weight is 292 g/mol. The third kappa shape index (κ3) is 4.19. The predicted molar refractivity (Wildman–Crippen MR) is 86.8 cm³/mol. The van der Waals surface area contributed by atoms with Crippen LogP contribution in [0.4, 0.5) is 5.69 Å². The maximum Gasteiger partial charge on any atom is 0.0981 e. The van der Waals surface area contributed by atoms with E-state index in [2.05, 4.69) is 56.1 Å². The monoisotopic (exact) mass is 292 g/mol. The lowest BCUT2D eigenvalue weighted by Crippen LogP contribution is -2.49. The van der Waals surface area contributed by atoms with Gasteiger partial charge in [-0.25, -0.2) is 0 Å². The van der Waals surface area contributed by atoms with E-state index >= 15 is 0 Å². The molecule has 0 radical (unpaired) electrons. The lowest BCUT2D eigenvalue weighted by atomic mass is 10.1. The zero-order valence-electron chi connectivity index (χ0n) is 13.6. The number of aliphatic hydroxyl groups excluding tert-OH is 1. The second-order valence-corrected chi connectivity index (χ2v) is 6.29. The third-order valence-electron chi connectivity index (χ3n) is 4.07. The van der Waals surface area contributed by atoms with Crippen LogP contribution in [0, 0.1) is 6.92 Å². The Morgan fingerprint density at radius 1 is 1.43 bits per heavy atom. The Morgan fingerprint density at radius 3 is 2.81 bits per heavy atom. The van der Waals surface area contributed by atoms with Crippen LogP contribution in [0.1, 0.15) is 31.9 Å². The molecule has 2 N–H and O–H groups in total. The molecule has 2 unspecified atom stereocenters. The first-order valence-corrected chi connectivity index (χ1v) is 7.83. The average Bonchev–Trinajstić information content (AvgIpc) is 2.46. The van der Waals surface area contributed by atoms with E-state index in [9.17, 15) is 5.11 Å². The molecule has 0 spiro atoms. The highest BCUT2D eigenvalue weighted by molar-refractivity contribution is 5.52. The Balaban J connectivity index is 2.11. The first-order chi connectivity index (χ1) is 10.0. The van der Waals surface area contributed by atoms with Gasteiger partial charge in [0.25, 0.3) is 0 Å². The Kier molecular flexibility index (Phi) is 5.62. The van der Waals surface area contributed by atoms with E-state index in [1.807, 2.05) is 0 Å². The Bertz CT molecular complexity index is 462. The van der Waals surface area contributed by atoms with Gasteiger partial charge in [0, 0.05) is 30.9 Å². The summed E-state index contributed by atoms with van der Waals surface area (Å²) < 4.78 is 5.61. The molecule has 4 heteroatoms. The molecular weight excluding hydrogens is 264 g/mol. The van der Waals surface area contributed by atoms with Gasteiger partial charge in [-0.1, -0.05) is 19.9 Å². The van der Waals surface area contributed by atoms with Crippen molar-refractivity contribution >= 4 is 5.69 Å². The van der Waals surface area contributed by atoms with E-state index in [0.717, 1.165) is 13.1 Å². The Morgan fingerprint density at radius 2 is 2.19 bits per heavy atom. The van der Waals surface area contributed by atoms with Gasteiger partial charge in [0.15, 0.2) is 0 Å². The number of ether oxygens (including phenoxy) is 1. The van der Waals surface area contributed by atoms with Crippen LogP contribution in [0.2, 0.25) is 0 Å². The van der Waals surface area contributed by atoms with Crippen LogP contribution < -0.4 is 10.2 Å². The van der Waals surface area contributed by atoms with Gasteiger partial charge in [-0.15, -0.1) is 0 Å². The Labute approximate surface area is 128 Å². The number of nitrogens with zero attached hydrogens (tertiary/aromatic N) is 1. The minimum atomic E-state index is -0.0798. The maximum absolute atomic E-state index is 9.30. The number of nitrogens with one attached hydrogen (secondary N) is 1. The molecule has 0 amide bonds. The lowest BCUT2D eigenvalue weighted by molar-refractivity contribution is -0.0103. The molecule has 4 nitrogen and oxygen atoms in total. The molecule has 0 aliphatic carbocycles. The van der Waals surface area contributed by atoms with Crippen molar-refractivity contribution in [2.24, 2.45) is 0 Å². The molecule has 1 heterocycles. The SMILES string of the molecule is Cc1cc(N2CC(CO)OCC2C)ccc1CNC(C)C. The summed E-state index contributed by atoms with van der Waals surface area (Å²) in [5, 5.41) is 12.8. The molecule has 21 heavy (non-hydrogen) atoms. The number of aliphatic hydroxyl groups is 1. The highest BCUT2D eigenvalue weighted by Crippen LogP contribution is 2.24. The van der Waals surface area contributed by atoms with Gasteiger partial charge in [-0.05, 0) is 37.1 Å². The fourth-order valence-corrected chi connectivity index (χ4v) is 2.66. The lowest BCUT2D eigenvalue weighted by Gasteiger charge is -2.39. The zero-order valence-corrected chi connectivity index (χ0v) is 13.6. The fraction of sp³-hybridized carbons (Fsp3) is 0.647. The minimum Gasteiger partial charge on any atom is -0.394 e. The number of aryl methyl sites for hydroxylation is 1. The van der Waals surface area contributed by atoms with Gasteiger partial charge >= 0.3 is 0 Å². The van der Waals surface area contributed by atoms with E-state index in [-0.39, 0.29) is 12.7 Å². The summed E-state index contributed by atoms with van der Waals surface area (Å²) in [6.45, 7) is 11.1. The second kappa shape index (κ2) is 7.25. The summed E-state index contributed by atoms with van der Waals surface area (Å²) in [6, 6.07) is 7.46. The molecule has 0 saturated carbocycles. The smallest absolute Gasteiger partial charge is 0.0981 e. The molecule has 1 aromatic rings. The number of morpholine rings is 1. The molecule has 2 rings (SSSR count). The van der Waals surface area contributed by atoms with Crippen molar-refractivity contribution in [2.75, 3.05) is 24.7 Å². The molecular formula is C17H28N2O2. The zero-order chi connectivity index (χ0) is 15.4. The normalized spacial score (nSPS) is 22.9. The molecule has 1 fully saturated rings. The summed E-state index contributed by atoms with van der Waals surface area (Å²) in [5.74, 6) is 0. The van der Waals surface area contributed by atoms with E-state index in [1.54, 1.807) is 0 Å². The number of hydrogen-bond donors (Lipinski definition) is 2. The number of anilines is 1. The molecule has 118 valence electrons. The van der Waals surface area contributed by atoms with Crippen molar-refractivity contribution in [3.05, 3.63) is 29.3 Å². The number of benzene rings is 1. The Hall–Kier alpha value is -1.10. The standard InChI is InChI=1S/C17H28N2O2/c1-12(2)18-8-15-5-6-16(7-13(15)3)19-9-17(10-20)21-11-14(19)4/h5-7,12,14,17-18,20H,8-11H2,1-4H3. The van der Waals surface area contributed by atoms with Crippen molar-refractivity contribution in [3.63, 3.8) is 0 Å². The summed E-state index contributed by atoms with van der Waals surface area (Å²) in [5.41, 5.74) is 3.86. The van der Waals surface area contributed by atoms with Gasteiger partial charge < -0.3 is 20.1 Å². The van der Waals surface area contributed by atoms with Crippen LogP contribution in [0.15, 0.2) is 18.2 Å². The van der Waals surface area contributed by atoms with Crippen molar-refractivity contribution in [1.29, 1.82) is 0 Å². The van der Waals surface area contributed by atoms with Crippen LogP contribution in [-0.2, 0) is 11.3 Å². The van der Waals surface area contributed by atoms with Crippen molar-refractivity contribution in [1.82, 2.24) is 5.32 Å². The fourth-order valence-electron chi connectivity index (χ4n) is 2.66.